The van der Waals surface area contributed by atoms with Gasteiger partial charge in [0, 0.05) is 62.2 Å². The average Bonchev–Trinajstić information content (AvgIpc) is 2.99. The maximum Gasteiger partial charge on any atom is 0.306 e. The maximum absolute atomic E-state index is 11.8. The van der Waals surface area contributed by atoms with Crippen molar-refractivity contribution in [3.8, 4) is 0 Å². The standard InChI is InChI=1S/C34H54O14/c1-33(2,3)25(35)15-17-31(41)45-21-9-19-43-27(37)11-7-13-29(39)47-23-24-48-30(40)14-8-12-28(38)44-20-10-22-46-32(42)18-16-26(36)34(4,5)6/h7-24H2,1-6H3. The first-order valence-electron chi connectivity index (χ1n) is 16.4. The third-order valence-corrected chi connectivity index (χ3v) is 6.55. The summed E-state index contributed by atoms with van der Waals surface area (Å²) in [4.78, 5) is 94.2. The molecule has 0 aliphatic heterocycles. The Hall–Kier alpha value is -3.84. The Morgan fingerprint density at radius 1 is 0.312 bits per heavy atom. The smallest absolute Gasteiger partial charge is 0.306 e. The first-order valence-corrected chi connectivity index (χ1v) is 16.4. The Morgan fingerprint density at radius 3 is 0.792 bits per heavy atom. The van der Waals surface area contributed by atoms with Crippen LogP contribution in [0.4, 0.5) is 0 Å². The van der Waals surface area contributed by atoms with Crippen LogP contribution in [0.3, 0.4) is 0 Å². The van der Waals surface area contributed by atoms with Crippen molar-refractivity contribution in [2.75, 3.05) is 39.6 Å². The summed E-state index contributed by atoms with van der Waals surface area (Å²) >= 11 is 0. The van der Waals surface area contributed by atoms with Gasteiger partial charge in [0.05, 0.1) is 39.3 Å². The largest absolute Gasteiger partial charge is 0.466 e. The van der Waals surface area contributed by atoms with Crippen molar-refractivity contribution in [3.63, 3.8) is 0 Å². The highest BCUT2D eigenvalue weighted by Crippen LogP contribution is 2.18. The van der Waals surface area contributed by atoms with Crippen LogP contribution in [0.15, 0.2) is 0 Å². The summed E-state index contributed by atoms with van der Waals surface area (Å²) in [5, 5.41) is 0. The zero-order valence-electron chi connectivity index (χ0n) is 29.4. The van der Waals surface area contributed by atoms with Crippen molar-refractivity contribution in [1.82, 2.24) is 0 Å². The number of carbonyl (C=O) groups is 8. The van der Waals surface area contributed by atoms with Gasteiger partial charge in [0.2, 0.25) is 0 Å². The van der Waals surface area contributed by atoms with Crippen LogP contribution in [0.1, 0.15) is 119 Å². The van der Waals surface area contributed by atoms with Gasteiger partial charge in [0.1, 0.15) is 24.8 Å². The van der Waals surface area contributed by atoms with E-state index in [1.54, 1.807) is 41.5 Å². The summed E-state index contributed by atoms with van der Waals surface area (Å²) in [6, 6.07) is 0. The monoisotopic (exact) mass is 686 g/mol. The minimum atomic E-state index is -0.566. The van der Waals surface area contributed by atoms with E-state index < -0.39 is 46.6 Å². The van der Waals surface area contributed by atoms with Gasteiger partial charge in [-0.15, -0.1) is 0 Å². The Labute approximate surface area is 283 Å². The molecule has 0 N–H and O–H groups in total. The molecule has 0 aliphatic rings. The summed E-state index contributed by atoms with van der Waals surface area (Å²) in [5.41, 5.74) is -1.02. The van der Waals surface area contributed by atoms with Gasteiger partial charge < -0.3 is 28.4 Å². The molecule has 0 amide bonds. The maximum atomic E-state index is 11.8. The predicted octanol–water partition coefficient (Wildman–Crippen LogP) is 4.16. The Balaban J connectivity index is 3.71. The average molecular weight is 687 g/mol. The second kappa shape index (κ2) is 24.3. The number of carbonyl (C=O) groups excluding carboxylic acids is 8. The Kier molecular flexibility index (Phi) is 22.4. The molecule has 0 atom stereocenters. The topological polar surface area (TPSA) is 192 Å². The van der Waals surface area contributed by atoms with Crippen molar-refractivity contribution >= 4 is 47.4 Å². The van der Waals surface area contributed by atoms with E-state index in [0.717, 1.165) is 0 Å². The lowest BCUT2D eigenvalue weighted by atomic mass is 9.88. The van der Waals surface area contributed by atoms with Crippen molar-refractivity contribution in [2.24, 2.45) is 10.8 Å². The van der Waals surface area contributed by atoms with Crippen LogP contribution in [0.25, 0.3) is 0 Å². The molecule has 0 rings (SSSR count). The predicted molar refractivity (Wildman–Crippen MR) is 170 cm³/mol. The number of ether oxygens (including phenoxy) is 6. The molecule has 48 heavy (non-hydrogen) atoms. The number of esters is 6. The van der Waals surface area contributed by atoms with E-state index >= 15 is 0 Å². The number of rotatable bonds is 25. The third kappa shape index (κ3) is 25.3. The van der Waals surface area contributed by atoms with Crippen molar-refractivity contribution in [3.05, 3.63) is 0 Å². The van der Waals surface area contributed by atoms with E-state index in [2.05, 4.69) is 0 Å². The summed E-state index contributed by atoms with van der Waals surface area (Å²) in [6.07, 6.45) is 1.18. The molecule has 0 spiro atoms. The first-order chi connectivity index (χ1) is 22.4. The van der Waals surface area contributed by atoms with E-state index in [0.29, 0.717) is 12.8 Å². The van der Waals surface area contributed by atoms with E-state index in [1.165, 1.54) is 0 Å². The van der Waals surface area contributed by atoms with Crippen molar-refractivity contribution in [1.29, 1.82) is 0 Å². The molecule has 0 heterocycles. The Bertz CT molecular complexity index is 981. The molecular weight excluding hydrogens is 632 g/mol. The van der Waals surface area contributed by atoms with E-state index in [-0.39, 0.29) is 115 Å². The van der Waals surface area contributed by atoms with Gasteiger partial charge in [-0.25, -0.2) is 0 Å². The van der Waals surface area contributed by atoms with Gasteiger partial charge in [0.25, 0.3) is 0 Å². The summed E-state index contributed by atoms with van der Waals surface area (Å²) in [7, 11) is 0. The lowest BCUT2D eigenvalue weighted by molar-refractivity contribution is -0.153. The molecule has 0 fully saturated rings. The van der Waals surface area contributed by atoms with E-state index in [9.17, 15) is 38.4 Å². The summed E-state index contributed by atoms with van der Waals surface area (Å²) < 4.78 is 30.0. The zero-order valence-corrected chi connectivity index (χ0v) is 29.4. The van der Waals surface area contributed by atoms with Crippen LogP contribution >= 0.6 is 0 Å². The van der Waals surface area contributed by atoms with Gasteiger partial charge in [-0.1, -0.05) is 41.5 Å². The van der Waals surface area contributed by atoms with Crippen LogP contribution < -0.4 is 0 Å². The van der Waals surface area contributed by atoms with Crippen LogP contribution in [-0.4, -0.2) is 87.0 Å². The van der Waals surface area contributed by atoms with E-state index in [1.807, 2.05) is 0 Å². The van der Waals surface area contributed by atoms with Gasteiger partial charge >= 0.3 is 35.8 Å². The van der Waals surface area contributed by atoms with Crippen LogP contribution in [-0.2, 0) is 66.8 Å². The van der Waals surface area contributed by atoms with Gasteiger partial charge in [-0.3, -0.25) is 38.4 Å². The lowest BCUT2D eigenvalue weighted by Crippen LogP contribution is -2.21. The molecule has 0 aromatic rings. The second-order valence-electron chi connectivity index (χ2n) is 13.1. The molecule has 0 saturated carbocycles. The molecule has 14 nitrogen and oxygen atoms in total. The van der Waals surface area contributed by atoms with Gasteiger partial charge in [-0.05, 0) is 12.8 Å². The van der Waals surface area contributed by atoms with Crippen LogP contribution in [0.5, 0.6) is 0 Å². The van der Waals surface area contributed by atoms with Crippen molar-refractivity contribution in [2.45, 2.75) is 119 Å². The normalized spacial score (nSPS) is 11.2. The minimum Gasteiger partial charge on any atom is -0.466 e. The molecule has 14 heteroatoms. The molecule has 0 bridgehead atoms. The number of hydrogen-bond donors (Lipinski definition) is 0. The van der Waals surface area contributed by atoms with Gasteiger partial charge in [0.15, 0.2) is 0 Å². The quantitative estimate of drug-likeness (QED) is 0.0755. The molecular formula is C34H54O14. The zero-order chi connectivity index (χ0) is 36.6. The van der Waals surface area contributed by atoms with Crippen LogP contribution in [0, 0.1) is 10.8 Å². The minimum absolute atomic E-state index is 0.00294. The third-order valence-electron chi connectivity index (χ3n) is 6.55. The molecule has 0 saturated heterocycles. The highest BCUT2D eigenvalue weighted by molar-refractivity contribution is 5.87. The van der Waals surface area contributed by atoms with E-state index in [4.69, 9.17) is 28.4 Å². The molecule has 0 aliphatic carbocycles. The fourth-order valence-electron chi connectivity index (χ4n) is 3.54. The van der Waals surface area contributed by atoms with Crippen molar-refractivity contribution < 1.29 is 66.8 Å². The fourth-order valence-corrected chi connectivity index (χ4v) is 3.54. The Morgan fingerprint density at radius 2 is 0.542 bits per heavy atom. The van der Waals surface area contributed by atoms with Gasteiger partial charge in [-0.2, -0.15) is 0 Å². The number of ketones is 2. The molecule has 0 aromatic heterocycles. The molecule has 274 valence electrons. The summed E-state index contributed by atoms with van der Waals surface area (Å²) in [5.74, 6) is -3.17. The first kappa shape index (κ1) is 44.2. The molecule has 0 radical (unpaired) electrons. The number of hydrogen-bond acceptors (Lipinski definition) is 14. The number of Topliss-reactive ketones (excluding diaryl/α,β-unsaturated/α-hetero) is 2. The highest BCUT2D eigenvalue weighted by Gasteiger charge is 2.23. The second-order valence-corrected chi connectivity index (χ2v) is 13.1. The fraction of sp³-hybridized carbons (Fsp3) is 0.765. The lowest BCUT2D eigenvalue weighted by Gasteiger charge is -2.15. The molecule has 0 unspecified atom stereocenters. The molecule has 0 aromatic carbocycles. The highest BCUT2D eigenvalue weighted by atomic mass is 16.6. The summed E-state index contributed by atoms with van der Waals surface area (Å²) in [6.45, 7) is 10.6. The van der Waals surface area contributed by atoms with Crippen LogP contribution in [0.2, 0.25) is 0 Å². The SMILES string of the molecule is CC(C)(C)C(=O)CCC(=O)OCCCOC(=O)CCCC(=O)OCCOC(=O)CCCC(=O)OCCCOC(=O)CCC(=O)C(C)(C)C.